The minimum absolute atomic E-state index is 0.110. The van der Waals surface area contributed by atoms with E-state index < -0.39 is 0 Å². The van der Waals surface area contributed by atoms with E-state index in [0.717, 1.165) is 24.3 Å². The first-order chi connectivity index (χ1) is 10.3. The number of pyridine rings is 1. The Labute approximate surface area is 121 Å². The standard InChI is InChI=1S/C14H16N6O/c1-19-11(7-9-16-19)14(21)15-8-4-6-13-18-17-12-5-2-3-10-20(12)13/h2-3,5,7,9-10H,4,6,8H2,1H3,(H,15,21). The van der Waals surface area contributed by atoms with Crippen LogP contribution in [0.25, 0.3) is 5.65 Å². The van der Waals surface area contributed by atoms with Crippen molar-refractivity contribution in [2.24, 2.45) is 7.05 Å². The number of aromatic nitrogens is 5. The highest BCUT2D eigenvalue weighted by molar-refractivity contribution is 5.92. The first kappa shape index (κ1) is 13.3. The summed E-state index contributed by atoms with van der Waals surface area (Å²) in [7, 11) is 1.75. The molecule has 0 atom stereocenters. The Morgan fingerprint density at radius 2 is 2.19 bits per heavy atom. The Morgan fingerprint density at radius 3 is 3.00 bits per heavy atom. The average Bonchev–Trinajstić information content (AvgIpc) is 3.10. The molecule has 3 heterocycles. The number of amides is 1. The molecule has 3 aromatic rings. The largest absolute Gasteiger partial charge is 0.351 e. The van der Waals surface area contributed by atoms with E-state index in [4.69, 9.17) is 0 Å². The molecule has 0 fully saturated rings. The van der Waals surface area contributed by atoms with Crippen LogP contribution in [0.3, 0.4) is 0 Å². The van der Waals surface area contributed by atoms with Crippen molar-refractivity contribution in [2.75, 3.05) is 6.54 Å². The zero-order valence-corrected chi connectivity index (χ0v) is 11.7. The maximum Gasteiger partial charge on any atom is 0.269 e. The van der Waals surface area contributed by atoms with Crippen LogP contribution in [0.4, 0.5) is 0 Å². The molecule has 0 spiro atoms. The summed E-state index contributed by atoms with van der Waals surface area (Å²) < 4.78 is 3.52. The van der Waals surface area contributed by atoms with Gasteiger partial charge < -0.3 is 5.32 Å². The number of nitrogens with one attached hydrogen (secondary N) is 1. The molecular weight excluding hydrogens is 268 g/mol. The molecule has 3 rings (SSSR count). The van der Waals surface area contributed by atoms with Crippen molar-refractivity contribution in [3.05, 3.63) is 48.2 Å². The quantitative estimate of drug-likeness (QED) is 0.704. The fraction of sp³-hybridized carbons (Fsp3) is 0.286. The zero-order valence-electron chi connectivity index (χ0n) is 11.7. The molecule has 7 nitrogen and oxygen atoms in total. The van der Waals surface area contributed by atoms with E-state index in [0.29, 0.717) is 12.2 Å². The van der Waals surface area contributed by atoms with Crippen LogP contribution in [0.15, 0.2) is 36.7 Å². The van der Waals surface area contributed by atoms with Crippen molar-refractivity contribution in [1.82, 2.24) is 29.7 Å². The number of aryl methyl sites for hydroxylation is 2. The van der Waals surface area contributed by atoms with Crippen LogP contribution in [0.5, 0.6) is 0 Å². The first-order valence-electron chi connectivity index (χ1n) is 6.80. The molecule has 1 N–H and O–H groups in total. The molecule has 0 radical (unpaired) electrons. The maximum absolute atomic E-state index is 11.9. The van der Waals surface area contributed by atoms with E-state index in [1.54, 1.807) is 24.0 Å². The molecule has 1 amide bonds. The fourth-order valence-electron chi connectivity index (χ4n) is 2.20. The van der Waals surface area contributed by atoms with Crippen LogP contribution in [0.1, 0.15) is 22.7 Å². The Balaban J connectivity index is 1.53. The average molecular weight is 284 g/mol. The predicted octanol–water partition coefficient (Wildman–Crippen LogP) is 0.825. The van der Waals surface area contributed by atoms with Crippen molar-refractivity contribution in [3.8, 4) is 0 Å². The van der Waals surface area contributed by atoms with Crippen LogP contribution >= 0.6 is 0 Å². The summed E-state index contributed by atoms with van der Waals surface area (Å²) >= 11 is 0. The molecule has 7 heteroatoms. The molecule has 21 heavy (non-hydrogen) atoms. The Kier molecular flexibility index (Phi) is 3.63. The van der Waals surface area contributed by atoms with Gasteiger partial charge in [-0.1, -0.05) is 6.07 Å². The van der Waals surface area contributed by atoms with Crippen LogP contribution in [0, 0.1) is 0 Å². The summed E-state index contributed by atoms with van der Waals surface area (Å²) in [6, 6.07) is 7.49. The second kappa shape index (κ2) is 5.74. The molecule has 0 aromatic carbocycles. The molecule has 0 saturated carbocycles. The van der Waals surface area contributed by atoms with Gasteiger partial charge >= 0.3 is 0 Å². The first-order valence-corrected chi connectivity index (χ1v) is 6.80. The number of hydrogen-bond donors (Lipinski definition) is 1. The van der Waals surface area contributed by atoms with Crippen molar-refractivity contribution in [1.29, 1.82) is 0 Å². The van der Waals surface area contributed by atoms with Crippen molar-refractivity contribution >= 4 is 11.6 Å². The van der Waals surface area contributed by atoms with E-state index >= 15 is 0 Å². The van der Waals surface area contributed by atoms with Gasteiger partial charge in [-0.3, -0.25) is 13.9 Å². The molecule has 108 valence electrons. The van der Waals surface area contributed by atoms with Crippen LogP contribution < -0.4 is 5.32 Å². The molecule has 3 aromatic heterocycles. The minimum Gasteiger partial charge on any atom is -0.351 e. The number of rotatable bonds is 5. The molecule has 0 saturated heterocycles. The van der Waals surface area contributed by atoms with E-state index in [2.05, 4.69) is 20.6 Å². The Bertz CT molecular complexity index is 760. The summed E-state index contributed by atoms with van der Waals surface area (Å²) in [5.41, 5.74) is 1.40. The second-order valence-electron chi connectivity index (χ2n) is 4.74. The number of carbonyl (C=O) groups excluding carboxylic acids is 1. The van der Waals surface area contributed by atoms with Gasteiger partial charge in [0, 0.05) is 32.4 Å². The van der Waals surface area contributed by atoms with Crippen LogP contribution in [-0.2, 0) is 13.5 Å². The lowest BCUT2D eigenvalue weighted by molar-refractivity contribution is 0.0943. The third-order valence-corrected chi connectivity index (χ3v) is 3.30. The van der Waals surface area contributed by atoms with E-state index in [-0.39, 0.29) is 5.91 Å². The summed E-state index contributed by atoms with van der Waals surface area (Å²) in [4.78, 5) is 11.9. The van der Waals surface area contributed by atoms with Gasteiger partial charge in [0.1, 0.15) is 11.5 Å². The minimum atomic E-state index is -0.110. The Morgan fingerprint density at radius 1 is 1.29 bits per heavy atom. The van der Waals surface area contributed by atoms with Crippen molar-refractivity contribution in [2.45, 2.75) is 12.8 Å². The van der Waals surface area contributed by atoms with E-state index in [1.165, 1.54) is 0 Å². The lowest BCUT2D eigenvalue weighted by atomic mass is 10.3. The van der Waals surface area contributed by atoms with Crippen molar-refractivity contribution in [3.63, 3.8) is 0 Å². The van der Waals surface area contributed by atoms with Crippen LogP contribution in [-0.4, -0.2) is 36.8 Å². The number of fused-ring (bicyclic) bond motifs is 1. The third kappa shape index (κ3) is 2.76. The van der Waals surface area contributed by atoms with Gasteiger partial charge in [0.2, 0.25) is 0 Å². The highest BCUT2D eigenvalue weighted by atomic mass is 16.2. The molecule has 0 unspecified atom stereocenters. The summed E-state index contributed by atoms with van der Waals surface area (Å²) in [5.74, 6) is 0.793. The second-order valence-corrected chi connectivity index (χ2v) is 4.74. The predicted molar refractivity (Wildman–Crippen MR) is 76.8 cm³/mol. The van der Waals surface area contributed by atoms with Gasteiger partial charge in [-0.2, -0.15) is 5.10 Å². The van der Waals surface area contributed by atoms with Crippen LogP contribution in [0.2, 0.25) is 0 Å². The SMILES string of the molecule is Cn1nccc1C(=O)NCCCc1nnc2ccccn12. The van der Waals surface area contributed by atoms with Gasteiger partial charge in [0.05, 0.1) is 0 Å². The highest BCUT2D eigenvalue weighted by Crippen LogP contribution is 2.04. The summed E-state index contributed by atoms with van der Waals surface area (Å²) in [6.45, 7) is 0.589. The van der Waals surface area contributed by atoms with Gasteiger partial charge in [-0.15, -0.1) is 10.2 Å². The third-order valence-electron chi connectivity index (χ3n) is 3.30. The summed E-state index contributed by atoms with van der Waals surface area (Å²) in [6.07, 6.45) is 5.12. The monoisotopic (exact) mass is 284 g/mol. The van der Waals surface area contributed by atoms with E-state index in [9.17, 15) is 4.79 Å². The number of carbonyl (C=O) groups is 1. The lowest BCUT2D eigenvalue weighted by Gasteiger charge is -2.05. The number of nitrogens with zero attached hydrogens (tertiary/aromatic N) is 5. The Hall–Kier alpha value is -2.70. The maximum atomic E-state index is 11.9. The smallest absolute Gasteiger partial charge is 0.269 e. The van der Waals surface area contributed by atoms with Gasteiger partial charge in [-0.05, 0) is 24.6 Å². The normalized spacial score (nSPS) is 10.9. The van der Waals surface area contributed by atoms with E-state index in [1.807, 2.05) is 28.8 Å². The lowest BCUT2D eigenvalue weighted by Crippen LogP contribution is -2.26. The molecule has 0 bridgehead atoms. The topological polar surface area (TPSA) is 77.1 Å². The van der Waals surface area contributed by atoms with Crippen molar-refractivity contribution < 1.29 is 4.79 Å². The van der Waals surface area contributed by atoms with Gasteiger partial charge in [0.25, 0.3) is 5.91 Å². The molecule has 0 aliphatic heterocycles. The fourth-order valence-corrected chi connectivity index (χ4v) is 2.20. The summed E-state index contributed by atoms with van der Waals surface area (Å²) in [5, 5.41) is 15.1. The molecule has 0 aliphatic carbocycles. The highest BCUT2D eigenvalue weighted by Gasteiger charge is 2.09. The van der Waals surface area contributed by atoms with Gasteiger partial charge in [-0.25, -0.2) is 0 Å². The molecule has 0 aliphatic rings. The zero-order chi connectivity index (χ0) is 14.7. The molecular formula is C14H16N6O. The number of hydrogen-bond acceptors (Lipinski definition) is 4. The van der Waals surface area contributed by atoms with Gasteiger partial charge in [0.15, 0.2) is 5.65 Å².